The van der Waals surface area contributed by atoms with E-state index in [1.165, 1.54) is 25.9 Å². The maximum Gasteiger partial charge on any atom is 0.175 e. The largest absolute Gasteiger partial charge is 0.493 e. The molecule has 0 amide bonds. The van der Waals surface area contributed by atoms with Crippen LogP contribution in [0.15, 0.2) is 71.2 Å². The first-order valence-electron chi connectivity index (χ1n) is 10.8. The van der Waals surface area contributed by atoms with Crippen LogP contribution in [0.3, 0.4) is 0 Å². The highest BCUT2D eigenvalue weighted by Crippen LogP contribution is 2.51. The highest BCUT2D eigenvalue weighted by Gasteiger charge is 2.38. The second kappa shape index (κ2) is 9.10. The van der Waals surface area contributed by atoms with Crippen molar-refractivity contribution in [3.63, 3.8) is 0 Å². The van der Waals surface area contributed by atoms with Crippen molar-refractivity contribution in [2.75, 3.05) is 12.4 Å². The third kappa shape index (κ3) is 4.17. The smallest absolute Gasteiger partial charge is 0.175 e. The Morgan fingerprint density at radius 1 is 1.09 bits per heavy atom. The Morgan fingerprint density at radius 3 is 2.69 bits per heavy atom. The van der Waals surface area contributed by atoms with Crippen molar-refractivity contribution in [1.82, 2.24) is 0 Å². The lowest BCUT2D eigenvalue weighted by atomic mass is 9.77. The van der Waals surface area contributed by atoms with Gasteiger partial charge in [-0.2, -0.15) is 0 Å². The first kappa shape index (κ1) is 21.8. The predicted molar refractivity (Wildman–Crippen MR) is 142 cm³/mol. The number of hydrogen-bond donors (Lipinski definition) is 1. The first-order chi connectivity index (χ1) is 15.5. The second-order valence-electron chi connectivity index (χ2n) is 8.52. The zero-order valence-electron chi connectivity index (χ0n) is 18.1. The Kier molecular flexibility index (Phi) is 6.21. The molecule has 164 valence electrons. The zero-order valence-corrected chi connectivity index (χ0v) is 21.8. The van der Waals surface area contributed by atoms with Crippen LogP contribution in [0.25, 0.3) is 0 Å². The van der Waals surface area contributed by atoms with E-state index in [1.807, 2.05) is 0 Å². The van der Waals surface area contributed by atoms with E-state index in [-0.39, 0.29) is 6.04 Å². The van der Waals surface area contributed by atoms with Crippen molar-refractivity contribution in [3.8, 4) is 11.5 Å². The second-order valence-corrected chi connectivity index (χ2v) is 10.6. The maximum atomic E-state index is 6.18. The van der Waals surface area contributed by atoms with E-state index in [9.17, 15) is 0 Å². The van der Waals surface area contributed by atoms with Gasteiger partial charge in [-0.3, -0.25) is 0 Å². The van der Waals surface area contributed by atoms with Crippen LogP contribution in [0.1, 0.15) is 40.6 Å². The van der Waals surface area contributed by atoms with E-state index in [0.717, 1.165) is 28.0 Å². The molecular formula is C27H25BrINO2. The quantitative estimate of drug-likeness (QED) is 0.239. The van der Waals surface area contributed by atoms with E-state index in [1.54, 1.807) is 7.11 Å². The molecule has 1 aliphatic heterocycles. The normalized spacial score (nSPS) is 20.9. The summed E-state index contributed by atoms with van der Waals surface area (Å²) in [5.74, 6) is 2.41. The molecule has 0 saturated carbocycles. The monoisotopic (exact) mass is 601 g/mol. The summed E-state index contributed by atoms with van der Waals surface area (Å²) in [4.78, 5) is 0. The molecule has 0 fully saturated rings. The molecule has 3 nitrogen and oxygen atoms in total. The van der Waals surface area contributed by atoms with Gasteiger partial charge in [-0.25, -0.2) is 0 Å². The number of halogens is 2. The summed E-state index contributed by atoms with van der Waals surface area (Å²) in [7, 11) is 1.70. The van der Waals surface area contributed by atoms with Gasteiger partial charge in [-0.05, 0) is 105 Å². The number of nitrogens with one attached hydrogen (secondary N) is 1. The third-order valence-electron chi connectivity index (χ3n) is 6.44. The van der Waals surface area contributed by atoms with Gasteiger partial charge >= 0.3 is 0 Å². The van der Waals surface area contributed by atoms with E-state index in [2.05, 4.69) is 118 Å². The van der Waals surface area contributed by atoms with Crippen LogP contribution in [0.4, 0.5) is 5.69 Å². The van der Waals surface area contributed by atoms with Crippen LogP contribution in [0.5, 0.6) is 11.5 Å². The minimum atomic E-state index is 0.207. The Bertz CT molecular complexity index is 1180. The molecule has 2 aliphatic rings. The van der Waals surface area contributed by atoms with Gasteiger partial charge in [-0.15, -0.1) is 0 Å². The summed E-state index contributed by atoms with van der Waals surface area (Å²) >= 11 is 6.15. The number of fused-ring (bicyclic) bond motifs is 3. The fraction of sp³-hybridized carbons (Fsp3) is 0.259. The maximum absolute atomic E-state index is 6.18. The molecule has 0 saturated heterocycles. The van der Waals surface area contributed by atoms with Crippen LogP contribution in [-0.2, 0) is 6.61 Å². The standard InChI is InChI=1S/C27H25BrINO2/c1-16-6-8-17(9-7-16)15-32-27-23(28)12-18(13-25(27)31-2)26-21-5-3-4-20(21)22-14-19(29)10-11-24(22)30-26/h3-4,6-14,20-21,26,30H,5,15H2,1-2H3/t20-,21+,26+/m1/s1. The molecule has 1 N–H and O–H groups in total. The lowest BCUT2D eigenvalue weighted by Crippen LogP contribution is -2.29. The lowest BCUT2D eigenvalue weighted by molar-refractivity contribution is 0.282. The highest BCUT2D eigenvalue weighted by molar-refractivity contribution is 14.1. The molecule has 5 heteroatoms. The van der Waals surface area contributed by atoms with E-state index >= 15 is 0 Å². The molecular weight excluding hydrogens is 577 g/mol. The highest BCUT2D eigenvalue weighted by atomic mass is 127. The third-order valence-corrected chi connectivity index (χ3v) is 7.70. The fourth-order valence-electron chi connectivity index (χ4n) is 4.79. The van der Waals surface area contributed by atoms with Crippen molar-refractivity contribution >= 4 is 44.2 Å². The number of anilines is 1. The van der Waals surface area contributed by atoms with Gasteiger partial charge in [0.1, 0.15) is 6.61 Å². The number of methoxy groups -OCH3 is 1. The molecule has 0 bridgehead atoms. The lowest BCUT2D eigenvalue weighted by Gasteiger charge is -2.38. The van der Waals surface area contributed by atoms with E-state index in [0.29, 0.717) is 18.4 Å². The topological polar surface area (TPSA) is 30.5 Å². The van der Waals surface area contributed by atoms with Crippen LogP contribution < -0.4 is 14.8 Å². The van der Waals surface area contributed by atoms with Crippen molar-refractivity contribution in [3.05, 3.63) is 97.0 Å². The van der Waals surface area contributed by atoms with Crippen LogP contribution in [-0.4, -0.2) is 7.11 Å². The van der Waals surface area contributed by atoms with Crippen LogP contribution in [0.2, 0.25) is 0 Å². The molecule has 1 heterocycles. The SMILES string of the molecule is COc1cc([C@@H]2Nc3ccc(I)cc3[C@@H]3C=CC[C@@H]32)cc(Br)c1OCc1ccc(C)cc1. The van der Waals surface area contributed by atoms with Gasteiger partial charge < -0.3 is 14.8 Å². The molecule has 1 aliphatic carbocycles. The Hall–Kier alpha value is -1.99. The average Bonchev–Trinajstić information content (AvgIpc) is 3.29. The summed E-state index contributed by atoms with van der Waals surface area (Å²) in [6, 6.07) is 19.6. The molecule has 0 spiro atoms. The van der Waals surface area contributed by atoms with Crippen molar-refractivity contribution in [2.24, 2.45) is 5.92 Å². The van der Waals surface area contributed by atoms with Gasteiger partial charge in [0.2, 0.25) is 0 Å². The van der Waals surface area contributed by atoms with Crippen LogP contribution >= 0.6 is 38.5 Å². The van der Waals surface area contributed by atoms with E-state index in [4.69, 9.17) is 9.47 Å². The molecule has 3 atom stereocenters. The molecule has 0 unspecified atom stereocenters. The van der Waals surface area contributed by atoms with Gasteiger partial charge in [0, 0.05) is 15.2 Å². The van der Waals surface area contributed by atoms with Gasteiger partial charge in [0.25, 0.3) is 0 Å². The van der Waals surface area contributed by atoms with Crippen molar-refractivity contribution in [1.29, 1.82) is 0 Å². The Balaban J connectivity index is 1.44. The Labute approximate surface area is 211 Å². The molecule has 0 radical (unpaired) electrons. The van der Waals surface area contributed by atoms with Gasteiger partial charge in [0.15, 0.2) is 11.5 Å². The summed E-state index contributed by atoms with van der Waals surface area (Å²) in [5, 5.41) is 3.81. The number of benzene rings is 3. The number of ether oxygens (including phenoxy) is 2. The number of aryl methyl sites for hydroxylation is 1. The Morgan fingerprint density at radius 2 is 1.91 bits per heavy atom. The molecule has 5 rings (SSSR count). The van der Waals surface area contributed by atoms with Gasteiger partial charge in [-0.1, -0.05) is 42.0 Å². The first-order valence-corrected chi connectivity index (χ1v) is 12.7. The van der Waals surface area contributed by atoms with Gasteiger partial charge in [0.05, 0.1) is 17.6 Å². The molecule has 0 aromatic heterocycles. The minimum absolute atomic E-state index is 0.207. The fourth-order valence-corrected chi connectivity index (χ4v) is 5.88. The average molecular weight is 602 g/mol. The summed E-state index contributed by atoms with van der Waals surface area (Å²) in [6.45, 7) is 2.59. The number of allylic oxidation sites excluding steroid dienone is 2. The number of rotatable bonds is 5. The molecule has 3 aromatic rings. The van der Waals surface area contributed by atoms with Crippen molar-refractivity contribution in [2.45, 2.75) is 31.9 Å². The van der Waals surface area contributed by atoms with Crippen molar-refractivity contribution < 1.29 is 9.47 Å². The summed E-state index contributed by atoms with van der Waals surface area (Å²) < 4.78 is 14.1. The molecule has 3 aromatic carbocycles. The molecule has 32 heavy (non-hydrogen) atoms. The van der Waals surface area contributed by atoms with E-state index < -0.39 is 0 Å². The van der Waals surface area contributed by atoms with Crippen LogP contribution in [0, 0.1) is 16.4 Å². The summed E-state index contributed by atoms with van der Waals surface area (Å²) in [5.41, 5.74) is 6.20. The number of hydrogen-bond acceptors (Lipinski definition) is 3. The zero-order chi connectivity index (χ0) is 22.2. The predicted octanol–water partition coefficient (Wildman–Crippen LogP) is 7.78. The minimum Gasteiger partial charge on any atom is -0.493 e. The summed E-state index contributed by atoms with van der Waals surface area (Å²) in [6.07, 6.45) is 5.77.